The van der Waals surface area contributed by atoms with E-state index in [0.717, 1.165) is 0 Å². The van der Waals surface area contributed by atoms with Crippen LogP contribution in [0.4, 0.5) is 0 Å². The van der Waals surface area contributed by atoms with E-state index in [1.165, 1.54) is 6.07 Å². The summed E-state index contributed by atoms with van der Waals surface area (Å²) in [5.74, 6) is -0.359. The lowest BCUT2D eigenvalue weighted by atomic mass is 9.98. The highest BCUT2D eigenvalue weighted by molar-refractivity contribution is 6.34. The van der Waals surface area contributed by atoms with E-state index in [0.29, 0.717) is 26.2 Å². The van der Waals surface area contributed by atoms with E-state index in [1.54, 1.807) is 36.4 Å². The number of carbonyl (C=O) groups excluding carboxylic acids is 1. The first kappa shape index (κ1) is 15.7. The molecule has 0 aromatic heterocycles. The first-order valence-electron chi connectivity index (χ1n) is 5.81. The maximum atomic E-state index is 12.5. The molecule has 1 unspecified atom stereocenters. The Kier molecular flexibility index (Phi) is 5.10. The first-order chi connectivity index (χ1) is 10.0. The average Bonchev–Trinajstić information content (AvgIpc) is 2.44. The summed E-state index contributed by atoms with van der Waals surface area (Å²) in [6.45, 7) is 0. The number of hydrogen-bond donors (Lipinski definition) is 0. The number of halogens is 3. The van der Waals surface area contributed by atoms with Gasteiger partial charge in [-0.2, -0.15) is 0 Å². The van der Waals surface area contributed by atoms with Crippen molar-refractivity contribution in [3.8, 4) is 0 Å². The van der Waals surface area contributed by atoms with Gasteiger partial charge in [0.15, 0.2) is 5.78 Å². The van der Waals surface area contributed by atoms with Crippen molar-refractivity contribution in [2.75, 3.05) is 0 Å². The molecule has 2 rings (SSSR count). The maximum Gasteiger partial charge on any atom is 0.176 e. The molecular weight excluding hydrogens is 333 g/mol. The van der Waals surface area contributed by atoms with Gasteiger partial charge in [0.1, 0.15) is 6.04 Å². The molecule has 21 heavy (non-hydrogen) atoms. The van der Waals surface area contributed by atoms with Crippen molar-refractivity contribution in [3.05, 3.63) is 79.1 Å². The molecule has 0 heterocycles. The highest BCUT2D eigenvalue weighted by Crippen LogP contribution is 2.28. The lowest BCUT2D eigenvalue weighted by molar-refractivity contribution is 0.0961. The Morgan fingerprint density at radius 2 is 1.57 bits per heavy atom. The molecule has 0 amide bonds. The fourth-order valence-corrected chi connectivity index (χ4v) is 2.50. The van der Waals surface area contributed by atoms with Gasteiger partial charge in [-0.15, -0.1) is 0 Å². The predicted molar refractivity (Wildman–Crippen MR) is 84.1 cm³/mol. The zero-order chi connectivity index (χ0) is 15.4. The number of ketones is 1. The van der Waals surface area contributed by atoms with Gasteiger partial charge >= 0.3 is 0 Å². The Hall–Kier alpha value is -1.71. The molecule has 0 N–H and O–H groups in total. The molecule has 1 atom stereocenters. The molecule has 0 spiro atoms. The van der Waals surface area contributed by atoms with E-state index in [4.69, 9.17) is 40.3 Å². The molecule has 7 heteroatoms. The van der Waals surface area contributed by atoms with Crippen LogP contribution in [0.15, 0.2) is 47.6 Å². The Labute approximate surface area is 135 Å². The molecule has 4 nitrogen and oxygen atoms in total. The van der Waals surface area contributed by atoms with Crippen molar-refractivity contribution in [1.82, 2.24) is 0 Å². The smallest absolute Gasteiger partial charge is 0.176 e. The van der Waals surface area contributed by atoms with E-state index in [9.17, 15) is 4.79 Å². The van der Waals surface area contributed by atoms with Crippen LogP contribution in [0.2, 0.25) is 15.1 Å². The fourth-order valence-electron chi connectivity index (χ4n) is 1.83. The molecule has 0 saturated heterocycles. The van der Waals surface area contributed by atoms with Gasteiger partial charge in [0.2, 0.25) is 0 Å². The first-order valence-corrected chi connectivity index (χ1v) is 6.94. The summed E-state index contributed by atoms with van der Waals surface area (Å²) >= 11 is 17.6. The highest BCUT2D eigenvalue weighted by Gasteiger charge is 2.21. The molecule has 0 aliphatic rings. The van der Waals surface area contributed by atoms with Gasteiger partial charge in [-0.3, -0.25) is 4.79 Å². The molecule has 0 aliphatic carbocycles. The number of azide groups is 1. The summed E-state index contributed by atoms with van der Waals surface area (Å²) in [5.41, 5.74) is 9.51. The normalized spacial score (nSPS) is 11.6. The van der Waals surface area contributed by atoms with Gasteiger partial charge in [0.05, 0.1) is 0 Å². The van der Waals surface area contributed by atoms with E-state index < -0.39 is 6.04 Å². The van der Waals surface area contributed by atoms with Crippen LogP contribution in [0.5, 0.6) is 0 Å². The minimum Gasteiger partial charge on any atom is -0.293 e. The third-order valence-electron chi connectivity index (χ3n) is 2.74. The Morgan fingerprint density at radius 3 is 2.10 bits per heavy atom. The molecule has 0 aliphatic heterocycles. The highest BCUT2D eigenvalue weighted by atomic mass is 35.5. The van der Waals surface area contributed by atoms with Crippen LogP contribution in [0, 0.1) is 0 Å². The van der Waals surface area contributed by atoms with E-state index in [1.807, 2.05) is 0 Å². The fraction of sp³-hybridized carbons (Fsp3) is 0.0714. The minimum absolute atomic E-state index is 0.359. The van der Waals surface area contributed by atoms with Gasteiger partial charge in [0.25, 0.3) is 0 Å². The van der Waals surface area contributed by atoms with Crippen LogP contribution >= 0.6 is 34.8 Å². The minimum atomic E-state index is -1.03. The molecular formula is C14H8Cl3N3O. The second-order valence-electron chi connectivity index (χ2n) is 4.18. The van der Waals surface area contributed by atoms with Gasteiger partial charge in [-0.05, 0) is 53.6 Å². The van der Waals surface area contributed by atoms with Crippen LogP contribution in [0.25, 0.3) is 10.4 Å². The molecule has 0 fully saturated rings. The SMILES string of the molecule is [N-]=[N+]=NC(C(=O)c1ccc(Cl)cc1)c1cc(Cl)cc(Cl)c1. The van der Waals surface area contributed by atoms with Crippen molar-refractivity contribution in [2.24, 2.45) is 5.11 Å². The summed E-state index contributed by atoms with van der Waals surface area (Å²) < 4.78 is 0. The van der Waals surface area contributed by atoms with Crippen molar-refractivity contribution >= 4 is 40.6 Å². The second kappa shape index (κ2) is 6.83. The Bertz CT molecular complexity index is 704. The van der Waals surface area contributed by atoms with Gasteiger partial charge < -0.3 is 0 Å². The molecule has 0 radical (unpaired) electrons. The predicted octanol–water partition coefficient (Wildman–Crippen LogP) is 5.88. The zero-order valence-electron chi connectivity index (χ0n) is 10.5. The van der Waals surface area contributed by atoms with Crippen molar-refractivity contribution in [2.45, 2.75) is 6.04 Å². The summed E-state index contributed by atoms with van der Waals surface area (Å²) in [6, 6.07) is 9.90. The number of nitrogens with zero attached hydrogens (tertiary/aromatic N) is 3. The third kappa shape index (κ3) is 3.90. The van der Waals surface area contributed by atoms with Crippen LogP contribution in [-0.2, 0) is 0 Å². The standard InChI is InChI=1S/C14H8Cl3N3O/c15-10-3-1-8(2-4-10)14(21)13(19-20-18)9-5-11(16)7-12(17)6-9/h1-7,13H. The van der Waals surface area contributed by atoms with Gasteiger partial charge in [-0.1, -0.05) is 39.9 Å². The lowest BCUT2D eigenvalue weighted by Gasteiger charge is -2.11. The molecule has 2 aromatic rings. The third-order valence-corrected chi connectivity index (χ3v) is 3.43. The molecule has 0 bridgehead atoms. The molecule has 0 saturated carbocycles. The van der Waals surface area contributed by atoms with Crippen LogP contribution in [0.3, 0.4) is 0 Å². The number of carbonyl (C=O) groups is 1. The average molecular weight is 341 g/mol. The van der Waals surface area contributed by atoms with Gasteiger partial charge in [-0.25, -0.2) is 0 Å². The second-order valence-corrected chi connectivity index (χ2v) is 5.49. The number of benzene rings is 2. The van der Waals surface area contributed by atoms with Crippen LogP contribution < -0.4 is 0 Å². The summed E-state index contributed by atoms with van der Waals surface area (Å²) in [5, 5.41) is 4.79. The largest absolute Gasteiger partial charge is 0.293 e. The number of Topliss-reactive ketones (excluding diaryl/α,β-unsaturated/α-hetero) is 1. The van der Waals surface area contributed by atoms with Crippen LogP contribution in [0.1, 0.15) is 22.0 Å². The summed E-state index contributed by atoms with van der Waals surface area (Å²) in [4.78, 5) is 15.2. The number of rotatable bonds is 4. The van der Waals surface area contributed by atoms with Crippen molar-refractivity contribution < 1.29 is 4.79 Å². The summed E-state index contributed by atoms with van der Waals surface area (Å²) in [7, 11) is 0. The van der Waals surface area contributed by atoms with E-state index in [2.05, 4.69) is 10.0 Å². The Balaban J connectivity index is 2.45. The van der Waals surface area contributed by atoms with Crippen LogP contribution in [-0.4, -0.2) is 5.78 Å². The monoisotopic (exact) mass is 339 g/mol. The topological polar surface area (TPSA) is 65.8 Å². The Morgan fingerprint density at radius 1 is 1.00 bits per heavy atom. The molecule has 106 valence electrons. The van der Waals surface area contributed by atoms with Crippen molar-refractivity contribution in [1.29, 1.82) is 0 Å². The van der Waals surface area contributed by atoms with E-state index in [-0.39, 0.29) is 5.78 Å². The maximum absolute atomic E-state index is 12.5. The molecule has 2 aromatic carbocycles. The van der Waals surface area contributed by atoms with E-state index >= 15 is 0 Å². The quantitative estimate of drug-likeness (QED) is 0.296. The zero-order valence-corrected chi connectivity index (χ0v) is 12.8. The number of hydrogen-bond acceptors (Lipinski definition) is 2. The summed E-state index contributed by atoms with van der Waals surface area (Å²) in [6.07, 6.45) is 0. The van der Waals surface area contributed by atoms with Crippen molar-refractivity contribution in [3.63, 3.8) is 0 Å². The van der Waals surface area contributed by atoms with Gasteiger partial charge in [0, 0.05) is 25.5 Å². The lowest BCUT2D eigenvalue weighted by Crippen LogP contribution is -2.10.